The molecule has 6 heteroatoms. The van der Waals surface area contributed by atoms with Crippen LogP contribution in [-0.4, -0.2) is 37.3 Å². The van der Waals surface area contributed by atoms with E-state index in [-0.39, 0.29) is 12.4 Å². The number of ether oxygens (including phenoxy) is 2. The van der Waals surface area contributed by atoms with E-state index in [1.165, 1.54) is 18.4 Å². The molecular weight excluding hydrogens is 240 g/mol. The lowest BCUT2D eigenvalue weighted by Crippen LogP contribution is -2.18. The summed E-state index contributed by atoms with van der Waals surface area (Å²) in [5.74, 6) is -0.263. The molecule has 0 bridgehead atoms. The number of hydrogen-bond acceptors (Lipinski definition) is 6. The van der Waals surface area contributed by atoms with E-state index in [2.05, 4.69) is 15.0 Å². The molecule has 0 unspecified atom stereocenters. The Morgan fingerprint density at radius 1 is 1.76 bits per heavy atom. The molecule has 2 rings (SSSR count). The SMILES string of the molecule is COC(=O)Cc1csc(NC[C@@H]2CCCO2)n1. The fraction of sp³-hybridized carbons (Fsp3) is 0.636. The van der Waals surface area contributed by atoms with Crippen LogP contribution in [-0.2, 0) is 20.7 Å². The summed E-state index contributed by atoms with van der Waals surface area (Å²) in [5, 5.41) is 5.93. The van der Waals surface area contributed by atoms with E-state index in [1.807, 2.05) is 5.38 Å². The first-order valence-corrected chi connectivity index (χ1v) is 6.52. The highest BCUT2D eigenvalue weighted by Gasteiger charge is 2.15. The number of esters is 1. The van der Waals surface area contributed by atoms with Gasteiger partial charge in [0.1, 0.15) is 0 Å². The van der Waals surface area contributed by atoms with Crippen LogP contribution < -0.4 is 5.32 Å². The molecule has 94 valence electrons. The minimum Gasteiger partial charge on any atom is -0.469 e. The molecule has 0 aliphatic carbocycles. The number of hydrogen-bond donors (Lipinski definition) is 1. The van der Waals surface area contributed by atoms with Gasteiger partial charge in [0.2, 0.25) is 0 Å². The molecule has 1 aliphatic heterocycles. The number of nitrogens with one attached hydrogen (secondary N) is 1. The van der Waals surface area contributed by atoms with Gasteiger partial charge in [-0.3, -0.25) is 4.79 Å². The smallest absolute Gasteiger partial charge is 0.311 e. The van der Waals surface area contributed by atoms with Crippen LogP contribution in [0.5, 0.6) is 0 Å². The fourth-order valence-electron chi connectivity index (χ4n) is 1.70. The molecule has 1 aromatic heterocycles. The molecule has 0 saturated carbocycles. The van der Waals surface area contributed by atoms with Crippen LogP contribution in [0.2, 0.25) is 0 Å². The van der Waals surface area contributed by atoms with Crippen LogP contribution in [0.25, 0.3) is 0 Å². The van der Waals surface area contributed by atoms with Crippen LogP contribution in [0.15, 0.2) is 5.38 Å². The largest absolute Gasteiger partial charge is 0.469 e. The third kappa shape index (κ3) is 3.67. The second-order valence-electron chi connectivity index (χ2n) is 3.91. The molecule has 1 fully saturated rings. The van der Waals surface area contributed by atoms with Gasteiger partial charge in [-0.05, 0) is 12.8 Å². The van der Waals surface area contributed by atoms with E-state index in [0.717, 1.165) is 36.8 Å². The lowest BCUT2D eigenvalue weighted by atomic mass is 10.2. The van der Waals surface area contributed by atoms with Crippen molar-refractivity contribution in [1.82, 2.24) is 4.98 Å². The zero-order valence-electron chi connectivity index (χ0n) is 9.77. The molecule has 17 heavy (non-hydrogen) atoms. The summed E-state index contributed by atoms with van der Waals surface area (Å²) in [6.07, 6.45) is 2.77. The van der Waals surface area contributed by atoms with Crippen LogP contribution in [0, 0.1) is 0 Å². The monoisotopic (exact) mass is 256 g/mol. The van der Waals surface area contributed by atoms with E-state index in [4.69, 9.17) is 4.74 Å². The second kappa shape index (κ2) is 5.97. The lowest BCUT2D eigenvalue weighted by Gasteiger charge is -2.09. The Morgan fingerprint density at radius 3 is 3.35 bits per heavy atom. The zero-order valence-corrected chi connectivity index (χ0v) is 10.6. The highest BCUT2D eigenvalue weighted by Crippen LogP contribution is 2.18. The molecule has 1 N–H and O–H groups in total. The maximum atomic E-state index is 11.1. The lowest BCUT2D eigenvalue weighted by molar-refractivity contribution is -0.139. The summed E-state index contributed by atoms with van der Waals surface area (Å²) in [4.78, 5) is 15.4. The van der Waals surface area contributed by atoms with Crippen molar-refractivity contribution in [3.05, 3.63) is 11.1 Å². The normalized spacial score (nSPS) is 19.2. The Kier molecular flexibility index (Phi) is 4.33. The van der Waals surface area contributed by atoms with Crippen molar-refractivity contribution in [3.63, 3.8) is 0 Å². The highest BCUT2D eigenvalue weighted by molar-refractivity contribution is 7.13. The molecule has 1 aromatic rings. The van der Waals surface area contributed by atoms with Gasteiger partial charge in [0.25, 0.3) is 0 Å². The molecule has 5 nitrogen and oxygen atoms in total. The topological polar surface area (TPSA) is 60.5 Å². The van der Waals surface area contributed by atoms with Gasteiger partial charge in [0.05, 0.1) is 25.3 Å². The first-order valence-electron chi connectivity index (χ1n) is 5.64. The Labute approximate surface area is 104 Å². The van der Waals surface area contributed by atoms with Crippen molar-refractivity contribution < 1.29 is 14.3 Å². The molecular formula is C11H16N2O3S. The van der Waals surface area contributed by atoms with Gasteiger partial charge in [0, 0.05) is 18.5 Å². The van der Waals surface area contributed by atoms with E-state index < -0.39 is 0 Å². The third-order valence-corrected chi connectivity index (χ3v) is 3.46. The molecule has 2 heterocycles. The summed E-state index contributed by atoms with van der Waals surface area (Å²) >= 11 is 1.50. The van der Waals surface area contributed by atoms with Gasteiger partial charge in [-0.2, -0.15) is 0 Å². The summed E-state index contributed by atoms with van der Waals surface area (Å²) in [6, 6.07) is 0. The molecule has 1 aliphatic rings. The maximum absolute atomic E-state index is 11.1. The number of methoxy groups -OCH3 is 1. The van der Waals surface area contributed by atoms with Gasteiger partial charge < -0.3 is 14.8 Å². The molecule has 0 radical (unpaired) electrons. The van der Waals surface area contributed by atoms with Crippen molar-refractivity contribution in [2.75, 3.05) is 25.6 Å². The van der Waals surface area contributed by atoms with Gasteiger partial charge in [-0.25, -0.2) is 4.98 Å². The maximum Gasteiger partial charge on any atom is 0.311 e. The molecule has 0 amide bonds. The van der Waals surface area contributed by atoms with Gasteiger partial charge in [-0.1, -0.05) is 0 Å². The first kappa shape index (κ1) is 12.3. The summed E-state index contributed by atoms with van der Waals surface area (Å²) < 4.78 is 10.1. The van der Waals surface area contributed by atoms with Crippen LogP contribution in [0.3, 0.4) is 0 Å². The molecule has 0 aromatic carbocycles. The van der Waals surface area contributed by atoms with Crippen LogP contribution in [0.1, 0.15) is 18.5 Å². The summed E-state index contributed by atoms with van der Waals surface area (Å²) in [5.41, 5.74) is 0.747. The zero-order chi connectivity index (χ0) is 12.1. The van der Waals surface area contributed by atoms with E-state index >= 15 is 0 Å². The number of thiazole rings is 1. The number of nitrogens with zero attached hydrogens (tertiary/aromatic N) is 1. The van der Waals surface area contributed by atoms with Crippen molar-refractivity contribution in [1.29, 1.82) is 0 Å². The van der Waals surface area contributed by atoms with E-state index in [9.17, 15) is 4.79 Å². The Morgan fingerprint density at radius 2 is 2.65 bits per heavy atom. The van der Waals surface area contributed by atoms with Crippen molar-refractivity contribution >= 4 is 22.4 Å². The standard InChI is InChI=1S/C11H16N2O3S/c1-15-10(14)5-8-7-17-11(13-8)12-6-9-3-2-4-16-9/h7,9H,2-6H2,1H3,(H,12,13)/t9-/m0/s1. The minimum atomic E-state index is -0.263. The van der Waals surface area contributed by atoms with Gasteiger partial charge in [-0.15, -0.1) is 11.3 Å². The van der Waals surface area contributed by atoms with Crippen LogP contribution in [0.4, 0.5) is 5.13 Å². The van der Waals surface area contributed by atoms with Crippen LogP contribution >= 0.6 is 11.3 Å². The first-order chi connectivity index (χ1) is 8.28. The quantitative estimate of drug-likeness (QED) is 0.808. The number of aromatic nitrogens is 1. The average molecular weight is 256 g/mol. The highest BCUT2D eigenvalue weighted by atomic mass is 32.1. The van der Waals surface area contributed by atoms with E-state index in [0.29, 0.717) is 6.10 Å². The average Bonchev–Trinajstić information content (AvgIpc) is 2.97. The summed E-state index contributed by atoms with van der Waals surface area (Å²) in [7, 11) is 1.38. The van der Waals surface area contributed by atoms with E-state index in [1.54, 1.807) is 0 Å². The van der Waals surface area contributed by atoms with Gasteiger partial charge >= 0.3 is 5.97 Å². The molecule has 1 atom stereocenters. The van der Waals surface area contributed by atoms with Gasteiger partial charge in [0.15, 0.2) is 5.13 Å². The molecule has 0 spiro atoms. The fourth-order valence-corrected chi connectivity index (χ4v) is 2.42. The van der Waals surface area contributed by atoms with Crippen molar-refractivity contribution in [2.45, 2.75) is 25.4 Å². The predicted octanol–water partition coefficient (Wildman–Crippen LogP) is 1.45. The Bertz CT molecular complexity index is 375. The minimum absolute atomic E-state index is 0.231. The summed E-state index contributed by atoms with van der Waals surface area (Å²) in [6.45, 7) is 1.64. The van der Waals surface area contributed by atoms with Crippen molar-refractivity contribution in [2.24, 2.45) is 0 Å². The molecule has 1 saturated heterocycles. The van der Waals surface area contributed by atoms with Crippen molar-refractivity contribution in [3.8, 4) is 0 Å². The predicted molar refractivity (Wildman–Crippen MR) is 65.3 cm³/mol. The second-order valence-corrected chi connectivity index (χ2v) is 4.77. The number of carbonyl (C=O) groups excluding carboxylic acids is 1. The number of anilines is 1. The third-order valence-electron chi connectivity index (χ3n) is 2.61. The number of rotatable bonds is 5. The Hall–Kier alpha value is -1.14. The Balaban J connectivity index is 1.79. The number of carbonyl (C=O) groups is 1.